The molecule has 1 aromatic carbocycles. The van der Waals surface area contributed by atoms with Gasteiger partial charge in [-0.1, -0.05) is 12.8 Å². The molecule has 0 radical (unpaired) electrons. The van der Waals surface area contributed by atoms with E-state index in [1.165, 1.54) is 7.11 Å². The van der Waals surface area contributed by atoms with E-state index in [2.05, 4.69) is 0 Å². The summed E-state index contributed by atoms with van der Waals surface area (Å²) in [5.74, 6) is 0.205. The van der Waals surface area contributed by atoms with E-state index in [1.807, 2.05) is 6.07 Å². The fourth-order valence-electron chi connectivity index (χ4n) is 2.43. The number of nitrogens with two attached hydrogens (primary N) is 1. The van der Waals surface area contributed by atoms with E-state index < -0.39 is 0 Å². The Hall–Kier alpha value is -1.73. The third-order valence-corrected chi connectivity index (χ3v) is 3.49. The highest BCUT2D eigenvalue weighted by molar-refractivity contribution is 5.55. The molecule has 0 spiro atoms. The molecule has 1 aliphatic carbocycles. The molecular formula is C13H16N2O2. The fourth-order valence-corrected chi connectivity index (χ4v) is 2.43. The van der Waals surface area contributed by atoms with Crippen LogP contribution in [0.4, 0.5) is 0 Å². The van der Waals surface area contributed by atoms with Gasteiger partial charge in [0.2, 0.25) is 0 Å². The van der Waals surface area contributed by atoms with Crippen molar-refractivity contribution in [1.82, 2.24) is 0 Å². The van der Waals surface area contributed by atoms with Crippen LogP contribution in [0.15, 0.2) is 12.1 Å². The number of benzene rings is 1. The van der Waals surface area contributed by atoms with Gasteiger partial charge in [0, 0.05) is 5.54 Å². The molecule has 4 heteroatoms. The van der Waals surface area contributed by atoms with Crippen LogP contribution in [-0.2, 0) is 5.54 Å². The number of methoxy groups -OCH3 is 1. The monoisotopic (exact) mass is 232 g/mol. The summed E-state index contributed by atoms with van der Waals surface area (Å²) < 4.78 is 5.08. The minimum Gasteiger partial charge on any atom is -0.503 e. The Bertz CT molecular complexity index is 471. The van der Waals surface area contributed by atoms with Crippen LogP contribution in [0.3, 0.4) is 0 Å². The molecule has 0 aromatic heterocycles. The number of phenols is 1. The van der Waals surface area contributed by atoms with Crippen LogP contribution in [0.5, 0.6) is 11.5 Å². The minimum atomic E-state index is -0.382. The Morgan fingerprint density at radius 1 is 1.41 bits per heavy atom. The van der Waals surface area contributed by atoms with Gasteiger partial charge < -0.3 is 15.6 Å². The number of nitriles is 1. The zero-order valence-electron chi connectivity index (χ0n) is 9.86. The van der Waals surface area contributed by atoms with Gasteiger partial charge in [0.1, 0.15) is 6.07 Å². The van der Waals surface area contributed by atoms with Gasteiger partial charge in [-0.15, -0.1) is 0 Å². The van der Waals surface area contributed by atoms with Crippen LogP contribution in [-0.4, -0.2) is 12.2 Å². The van der Waals surface area contributed by atoms with Gasteiger partial charge in [0.15, 0.2) is 11.5 Å². The SMILES string of the molecule is COc1cc(C2(N)CCCC2)cc(C#N)c1O. The van der Waals surface area contributed by atoms with Crippen molar-refractivity contribution in [3.05, 3.63) is 23.3 Å². The maximum atomic E-state index is 9.75. The van der Waals surface area contributed by atoms with Gasteiger partial charge in [-0.3, -0.25) is 0 Å². The lowest BCUT2D eigenvalue weighted by Gasteiger charge is -2.25. The summed E-state index contributed by atoms with van der Waals surface area (Å²) in [5.41, 5.74) is 7.04. The van der Waals surface area contributed by atoms with E-state index in [0.717, 1.165) is 31.2 Å². The first-order valence-corrected chi connectivity index (χ1v) is 5.71. The predicted molar refractivity (Wildman–Crippen MR) is 63.7 cm³/mol. The molecule has 0 aliphatic heterocycles. The smallest absolute Gasteiger partial charge is 0.175 e. The zero-order chi connectivity index (χ0) is 12.5. The second-order valence-corrected chi connectivity index (χ2v) is 4.55. The van der Waals surface area contributed by atoms with E-state index in [4.69, 9.17) is 15.7 Å². The third-order valence-electron chi connectivity index (χ3n) is 3.49. The molecule has 0 bridgehead atoms. The molecule has 0 saturated heterocycles. The fraction of sp³-hybridized carbons (Fsp3) is 0.462. The standard InChI is InChI=1S/C13H16N2O2/c1-17-11-7-10(6-9(8-14)12(11)16)13(15)4-2-3-5-13/h6-7,16H,2-5,15H2,1H3. The van der Waals surface area contributed by atoms with Crippen molar-refractivity contribution in [2.24, 2.45) is 5.73 Å². The number of phenolic OH excluding ortho intramolecular Hbond substituents is 1. The molecule has 2 rings (SSSR count). The molecule has 1 saturated carbocycles. The van der Waals surface area contributed by atoms with Crippen LogP contribution in [0.25, 0.3) is 0 Å². The van der Waals surface area contributed by atoms with E-state index in [9.17, 15) is 5.11 Å². The highest BCUT2D eigenvalue weighted by Gasteiger charge is 2.32. The summed E-state index contributed by atoms with van der Waals surface area (Å²) in [7, 11) is 1.47. The summed E-state index contributed by atoms with van der Waals surface area (Å²) in [4.78, 5) is 0. The van der Waals surface area contributed by atoms with E-state index in [-0.39, 0.29) is 16.9 Å². The average molecular weight is 232 g/mol. The number of rotatable bonds is 2. The molecular weight excluding hydrogens is 216 g/mol. The summed E-state index contributed by atoms with van der Waals surface area (Å²) in [6.45, 7) is 0. The largest absolute Gasteiger partial charge is 0.503 e. The minimum absolute atomic E-state index is 0.111. The molecule has 0 amide bonds. The van der Waals surface area contributed by atoms with E-state index in [0.29, 0.717) is 5.75 Å². The molecule has 4 nitrogen and oxygen atoms in total. The van der Waals surface area contributed by atoms with Crippen LogP contribution in [0.2, 0.25) is 0 Å². The highest BCUT2D eigenvalue weighted by atomic mass is 16.5. The summed E-state index contributed by atoms with van der Waals surface area (Å²) in [6.07, 6.45) is 4.01. The van der Waals surface area contributed by atoms with Gasteiger partial charge in [-0.2, -0.15) is 5.26 Å². The maximum absolute atomic E-state index is 9.75. The lowest BCUT2D eigenvalue weighted by atomic mass is 9.88. The van der Waals surface area contributed by atoms with E-state index in [1.54, 1.807) is 12.1 Å². The Morgan fingerprint density at radius 2 is 2.06 bits per heavy atom. The average Bonchev–Trinajstić information content (AvgIpc) is 2.77. The van der Waals surface area contributed by atoms with Gasteiger partial charge in [0.05, 0.1) is 12.7 Å². The zero-order valence-corrected chi connectivity index (χ0v) is 9.86. The van der Waals surface area contributed by atoms with Crippen molar-refractivity contribution < 1.29 is 9.84 Å². The maximum Gasteiger partial charge on any atom is 0.175 e. The summed E-state index contributed by atoms with van der Waals surface area (Å²) >= 11 is 0. The first-order valence-electron chi connectivity index (χ1n) is 5.71. The normalized spacial score (nSPS) is 17.7. The van der Waals surface area contributed by atoms with E-state index >= 15 is 0 Å². The molecule has 1 fully saturated rings. The predicted octanol–water partition coefficient (Wildman–Crippen LogP) is 2.00. The van der Waals surface area contributed by atoms with Crippen LogP contribution in [0.1, 0.15) is 36.8 Å². The highest BCUT2D eigenvalue weighted by Crippen LogP contribution is 2.40. The Labute approximate surface area is 101 Å². The molecule has 1 aliphatic rings. The third kappa shape index (κ3) is 1.94. The number of aromatic hydroxyl groups is 1. The lowest BCUT2D eigenvalue weighted by molar-refractivity contribution is 0.369. The van der Waals surface area contributed by atoms with Crippen molar-refractivity contribution in [3.8, 4) is 17.6 Å². The molecule has 17 heavy (non-hydrogen) atoms. The van der Waals surface area contributed by atoms with Crippen molar-refractivity contribution in [3.63, 3.8) is 0 Å². The Morgan fingerprint density at radius 3 is 2.59 bits per heavy atom. The van der Waals surface area contributed by atoms with Crippen molar-refractivity contribution in [1.29, 1.82) is 5.26 Å². The number of ether oxygens (including phenoxy) is 1. The van der Waals surface area contributed by atoms with Gasteiger partial charge in [0.25, 0.3) is 0 Å². The molecule has 90 valence electrons. The first-order chi connectivity index (χ1) is 8.10. The van der Waals surface area contributed by atoms with Gasteiger partial charge in [-0.05, 0) is 30.5 Å². The van der Waals surface area contributed by atoms with Gasteiger partial charge in [-0.25, -0.2) is 0 Å². The Balaban J connectivity index is 2.52. The Kier molecular flexibility index (Phi) is 2.95. The molecule has 0 unspecified atom stereocenters. The summed E-state index contributed by atoms with van der Waals surface area (Å²) in [6, 6.07) is 5.37. The number of hydrogen-bond donors (Lipinski definition) is 2. The second-order valence-electron chi connectivity index (χ2n) is 4.55. The molecule has 0 atom stereocenters. The topological polar surface area (TPSA) is 79.3 Å². The van der Waals surface area contributed by atoms with Crippen molar-refractivity contribution >= 4 is 0 Å². The second kappa shape index (κ2) is 4.27. The van der Waals surface area contributed by atoms with Crippen molar-refractivity contribution in [2.75, 3.05) is 7.11 Å². The lowest BCUT2D eigenvalue weighted by Crippen LogP contribution is -2.33. The first kappa shape index (κ1) is 11.7. The molecule has 1 aromatic rings. The number of nitrogens with zero attached hydrogens (tertiary/aromatic N) is 1. The summed E-state index contributed by atoms with van der Waals surface area (Å²) in [5, 5.41) is 18.7. The number of hydrogen-bond acceptors (Lipinski definition) is 4. The van der Waals surface area contributed by atoms with Crippen LogP contribution < -0.4 is 10.5 Å². The quantitative estimate of drug-likeness (QED) is 0.817. The molecule has 0 heterocycles. The van der Waals surface area contributed by atoms with Crippen molar-refractivity contribution in [2.45, 2.75) is 31.2 Å². The van der Waals surface area contributed by atoms with Crippen LogP contribution >= 0.6 is 0 Å². The van der Waals surface area contributed by atoms with Crippen LogP contribution in [0, 0.1) is 11.3 Å². The van der Waals surface area contributed by atoms with Gasteiger partial charge >= 0.3 is 0 Å². The molecule has 3 N–H and O–H groups in total.